The van der Waals surface area contributed by atoms with Crippen LogP contribution < -0.4 is 9.46 Å². The lowest BCUT2D eigenvalue weighted by molar-refractivity contribution is 0.459. The van der Waals surface area contributed by atoms with Crippen molar-refractivity contribution in [2.75, 3.05) is 4.72 Å². The van der Waals surface area contributed by atoms with E-state index in [-0.39, 0.29) is 22.0 Å². The first kappa shape index (κ1) is 25.0. The highest BCUT2D eigenvalue weighted by Crippen LogP contribution is 2.27. The first-order valence-electron chi connectivity index (χ1n) is 11.3. The summed E-state index contributed by atoms with van der Waals surface area (Å²) in [5.74, 6) is 1.09. The van der Waals surface area contributed by atoms with E-state index in [2.05, 4.69) is 40.4 Å². The zero-order valence-corrected chi connectivity index (χ0v) is 21.6. The molecule has 5 aromatic rings. The SMILES string of the molecule is Cc1nc(Oc2ccc(NS(=O)(=O)c3ccc(F)c(-c4nn[nH]n4)c3)cc2)cc(-n2nc(C)c(C)c2C)n1. The third-order valence-corrected chi connectivity index (χ3v) is 7.21. The Hall–Kier alpha value is -4.72. The Bertz CT molecular complexity index is 1740. The van der Waals surface area contributed by atoms with E-state index < -0.39 is 15.8 Å². The van der Waals surface area contributed by atoms with Crippen molar-refractivity contribution in [1.29, 1.82) is 0 Å². The number of sulfonamides is 1. The second kappa shape index (κ2) is 9.63. The van der Waals surface area contributed by atoms with Crippen molar-refractivity contribution >= 4 is 15.7 Å². The lowest BCUT2D eigenvalue weighted by atomic mass is 10.2. The number of H-pyrrole nitrogens is 1. The minimum atomic E-state index is -4.04. The molecule has 12 nitrogen and oxygen atoms in total. The van der Waals surface area contributed by atoms with Gasteiger partial charge in [-0.1, -0.05) is 0 Å². The lowest BCUT2D eigenvalue weighted by Crippen LogP contribution is -2.13. The summed E-state index contributed by atoms with van der Waals surface area (Å²) in [7, 11) is -4.04. The van der Waals surface area contributed by atoms with Crippen molar-refractivity contribution in [1.82, 2.24) is 40.4 Å². The van der Waals surface area contributed by atoms with Gasteiger partial charge in [0.1, 0.15) is 17.4 Å². The van der Waals surface area contributed by atoms with Gasteiger partial charge in [-0.2, -0.15) is 15.3 Å². The van der Waals surface area contributed by atoms with Gasteiger partial charge in [0.25, 0.3) is 10.0 Å². The molecule has 194 valence electrons. The van der Waals surface area contributed by atoms with Crippen LogP contribution in [0.3, 0.4) is 0 Å². The molecule has 0 amide bonds. The van der Waals surface area contributed by atoms with Crippen molar-refractivity contribution in [3.63, 3.8) is 0 Å². The Labute approximate surface area is 217 Å². The standard InChI is InChI=1S/C24H22FN9O3S/c1-13-14(2)30-34(15(13)3)22-12-23(27-16(4)26-22)37-18-7-5-17(6-8-18)31-38(35,36)19-9-10-21(25)20(11-19)24-28-32-33-29-24/h5-12,31H,1-4H3,(H,28,29,32,33). The molecule has 0 radical (unpaired) electrons. The second-order valence-electron chi connectivity index (χ2n) is 8.43. The van der Waals surface area contributed by atoms with Crippen molar-refractivity contribution in [3.8, 4) is 28.8 Å². The van der Waals surface area contributed by atoms with Crippen LogP contribution in [-0.4, -0.2) is 48.8 Å². The van der Waals surface area contributed by atoms with Crippen LogP contribution in [0.25, 0.3) is 17.2 Å². The van der Waals surface area contributed by atoms with Crippen molar-refractivity contribution in [2.24, 2.45) is 0 Å². The summed E-state index contributed by atoms with van der Waals surface area (Å²) in [5.41, 5.74) is 3.13. The van der Waals surface area contributed by atoms with E-state index in [9.17, 15) is 12.8 Å². The average molecular weight is 536 g/mol. The maximum atomic E-state index is 14.2. The van der Waals surface area contributed by atoms with Gasteiger partial charge in [-0.15, -0.1) is 10.2 Å². The number of anilines is 1. The first-order valence-corrected chi connectivity index (χ1v) is 12.8. The van der Waals surface area contributed by atoms with Crippen LogP contribution in [-0.2, 0) is 10.0 Å². The molecule has 0 atom stereocenters. The van der Waals surface area contributed by atoms with Crippen molar-refractivity contribution in [2.45, 2.75) is 32.6 Å². The molecule has 0 aliphatic heterocycles. The summed E-state index contributed by atoms with van der Waals surface area (Å²) in [5, 5.41) is 17.5. The number of rotatable bonds is 7. The minimum absolute atomic E-state index is 0.0582. The molecule has 0 fully saturated rings. The van der Waals surface area contributed by atoms with Gasteiger partial charge in [-0.25, -0.2) is 22.5 Å². The zero-order chi connectivity index (χ0) is 27.0. The highest BCUT2D eigenvalue weighted by Gasteiger charge is 2.19. The van der Waals surface area contributed by atoms with Gasteiger partial charge in [-0.3, -0.25) is 4.72 Å². The van der Waals surface area contributed by atoms with E-state index in [1.165, 1.54) is 12.1 Å². The first-order chi connectivity index (χ1) is 18.1. The fourth-order valence-corrected chi connectivity index (χ4v) is 4.76. The minimum Gasteiger partial charge on any atom is -0.439 e. The summed E-state index contributed by atoms with van der Waals surface area (Å²) in [6.07, 6.45) is 0. The number of tetrazole rings is 1. The fourth-order valence-electron chi connectivity index (χ4n) is 3.67. The normalized spacial score (nSPS) is 11.5. The molecule has 3 aromatic heterocycles. The van der Waals surface area contributed by atoms with Gasteiger partial charge in [-0.05, 0) is 80.9 Å². The number of ether oxygens (including phenoxy) is 1. The van der Waals surface area contributed by atoms with E-state index in [1.807, 2.05) is 20.8 Å². The van der Waals surface area contributed by atoms with Gasteiger partial charge in [0.15, 0.2) is 5.82 Å². The molecule has 0 aliphatic rings. The van der Waals surface area contributed by atoms with Gasteiger partial charge in [0.2, 0.25) is 11.7 Å². The molecule has 38 heavy (non-hydrogen) atoms. The van der Waals surface area contributed by atoms with Gasteiger partial charge in [0.05, 0.1) is 16.2 Å². The number of nitrogens with zero attached hydrogens (tertiary/aromatic N) is 7. The number of hydrogen-bond donors (Lipinski definition) is 2. The Kier molecular flexibility index (Phi) is 6.32. The number of halogens is 1. The molecule has 0 unspecified atom stereocenters. The monoisotopic (exact) mass is 535 g/mol. The van der Waals surface area contributed by atoms with Crippen LogP contribution >= 0.6 is 0 Å². The quantitative estimate of drug-likeness (QED) is 0.317. The molecule has 3 heterocycles. The lowest BCUT2D eigenvalue weighted by Gasteiger charge is -2.11. The van der Waals surface area contributed by atoms with Crippen LogP contribution in [0.15, 0.2) is 53.4 Å². The third-order valence-electron chi connectivity index (χ3n) is 5.83. The Morgan fingerprint density at radius 1 is 1.00 bits per heavy atom. The Morgan fingerprint density at radius 3 is 2.42 bits per heavy atom. The molecule has 0 spiro atoms. The number of aromatic amines is 1. The topological polar surface area (TPSA) is 153 Å². The van der Waals surface area contributed by atoms with Gasteiger partial charge < -0.3 is 4.74 Å². The average Bonchev–Trinajstić information content (AvgIpc) is 3.50. The van der Waals surface area contributed by atoms with Gasteiger partial charge >= 0.3 is 0 Å². The summed E-state index contributed by atoms with van der Waals surface area (Å²) in [6.45, 7) is 7.65. The zero-order valence-electron chi connectivity index (χ0n) is 20.8. The molecule has 0 bridgehead atoms. The number of aryl methyl sites for hydroxylation is 2. The second-order valence-corrected chi connectivity index (χ2v) is 10.1. The van der Waals surface area contributed by atoms with Crippen LogP contribution in [0, 0.1) is 33.5 Å². The molecule has 2 N–H and O–H groups in total. The molecule has 5 rings (SSSR count). The van der Waals surface area contributed by atoms with E-state index in [0.717, 1.165) is 35.2 Å². The molecular weight excluding hydrogens is 513 g/mol. The number of nitrogens with one attached hydrogen (secondary N) is 2. The maximum Gasteiger partial charge on any atom is 0.261 e. The smallest absolute Gasteiger partial charge is 0.261 e. The summed E-state index contributed by atoms with van der Waals surface area (Å²) in [6, 6.07) is 11.3. The van der Waals surface area contributed by atoms with E-state index >= 15 is 0 Å². The predicted octanol–water partition coefficient (Wildman–Crippen LogP) is 3.81. The van der Waals surface area contributed by atoms with E-state index in [1.54, 1.807) is 29.8 Å². The molecule has 0 saturated heterocycles. The summed E-state index contributed by atoms with van der Waals surface area (Å²) >= 11 is 0. The summed E-state index contributed by atoms with van der Waals surface area (Å²) < 4.78 is 50.1. The van der Waals surface area contributed by atoms with Gasteiger partial charge in [0, 0.05) is 17.4 Å². The van der Waals surface area contributed by atoms with E-state index in [4.69, 9.17) is 4.74 Å². The highest BCUT2D eigenvalue weighted by molar-refractivity contribution is 7.92. The molecular formula is C24H22FN9O3S. The molecule has 14 heteroatoms. The van der Waals surface area contributed by atoms with Crippen molar-refractivity contribution < 1.29 is 17.5 Å². The van der Waals surface area contributed by atoms with Crippen LogP contribution in [0.4, 0.5) is 10.1 Å². The highest BCUT2D eigenvalue weighted by atomic mass is 32.2. The largest absolute Gasteiger partial charge is 0.439 e. The Morgan fingerprint density at radius 2 is 1.76 bits per heavy atom. The van der Waals surface area contributed by atoms with E-state index in [0.29, 0.717) is 23.3 Å². The van der Waals surface area contributed by atoms with Crippen LogP contribution in [0.2, 0.25) is 0 Å². The van der Waals surface area contributed by atoms with Crippen molar-refractivity contribution in [3.05, 3.63) is 77.1 Å². The molecule has 0 aliphatic carbocycles. The molecule has 0 saturated carbocycles. The summed E-state index contributed by atoms with van der Waals surface area (Å²) in [4.78, 5) is 8.64. The number of benzene rings is 2. The third kappa shape index (κ3) is 4.93. The predicted molar refractivity (Wildman–Crippen MR) is 135 cm³/mol. The Balaban J connectivity index is 1.34. The maximum absolute atomic E-state index is 14.2. The van der Waals surface area contributed by atoms with Crippen LogP contribution in [0.1, 0.15) is 22.8 Å². The fraction of sp³-hybridized carbons (Fsp3) is 0.167. The molecule has 2 aromatic carbocycles. The number of hydrogen-bond acceptors (Lipinski definition) is 9. The number of aromatic nitrogens is 8. The van der Waals surface area contributed by atoms with Crippen LogP contribution in [0.5, 0.6) is 11.6 Å².